The third kappa shape index (κ3) is 3.92. The first kappa shape index (κ1) is 17.7. The summed E-state index contributed by atoms with van der Waals surface area (Å²) in [5.41, 5.74) is 1.10. The van der Waals surface area contributed by atoms with Crippen LogP contribution in [-0.2, 0) is 16.0 Å². The van der Waals surface area contributed by atoms with Crippen LogP contribution in [0.4, 0.5) is 5.69 Å². The molecule has 1 aromatic heterocycles. The molecule has 0 aliphatic carbocycles. The van der Waals surface area contributed by atoms with Crippen molar-refractivity contribution in [2.45, 2.75) is 6.42 Å². The van der Waals surface area contributed by atoms with Gasteiger partial charge in [-0.2, -0.15) is 0 Å². The van der Waals surface area contributed by atoms with Crippen molar-refractivity contribution >= 4 is 40.1 Å². The molecule has 6 nitrogen and oxygen atoms in total. The first-order valence-corrected chi connectivity index (χ1v) is 8.04. The van der Waals surface area contributed by atoms with E-state index in [9.17, 15) is 14.4 Å². The van der Waals surface area contributed by atoms with E-state index in [1.807, 2.05) is 0 Å². The van der Waals surface area contributed by atoms with E-state index in [2.05, 4.69) is 10.1 Å². The van der Waals surface area contributed by atoms with Crippen LogP contribution in [0.1, 0.15) is 16.1 Å². The Morgan fingerprint density at radius 1 is 1.12 bits per heavy atom. The fourth-order valence-corrected chi connectivity index (χ4v) is 2.55. The van der Waals surface area contributed by atoms with Gasteiger partial charge in [0.05, 0.1) is 18.9 Å². The number of hydrogen-bond acceptors (Lipinski definition) is 5. The molecule has 1 amide bonds. The van der Waals surface area contributed by atoms with Crippen molar-refractivity contribution in [1.82, 2.24) is 0 Å². The molecule has 0 radical (unpaired) electrons. The molecular weight excluding hydrogens is 358 g/mol. The summed E-state index contributed by atoms with van der Waals surface area (Å²) in [5.74, 6) is -1.14. The summed E-state index contributed by atoms with van der Waals surface area (Å²) in [6.45, 7) is 0. The van der Waals surface area contributed by atoms with Crippen LogP contribution in [0, 0.1) is 0 Å². The molecule has 0 atom stereocenters. The number of carbonyl (C=O) groups excluding carboxylic acids is 2. The Bertz CT molecular complexity index is 1040. The lowest BCUT2D eigenvalue weighted by Gasteiger charge is -2.07. The number of carbonyl (C=O) groups is 2. The lowest BCUT2D eigenvalue weighted by Crippen LogP contribution is -2.15. The van der Waals surface area contributed by atoms with Crippen LogP contribution < -0.4 is 10.7 Å². The molecule has 0 spiro atoms. The second-order valence-electron chi connectivity index (χ2n) is 5.53. The van der Waals surface area contributed by atoms with Crippen molar-refractivity contribution < 1.29 is 18.7 Å². The van der Waals surface area contributed by atoms with Crippen LogP contribution in [0.3, 0.4) is 0 Å². The SMILES string of the molecule is COC(=O)c1cc(=O)c2cc(NC(=O)Cc3ccc(Cl)cc3)ccc2o1. The van der Waals surface area contributed by atoms with E-state index < -0.39 is 11.4 Å². The molecule has 0 bridgehead atoms. The predicted octanol–water partition coefficient (Wildman–Crippen LogP) is 3.41. The lowest BCUT2D eigenvalue weighted by molar-refractivity contribution is -0.115. The van der Waals surface area contributed by atoms with E-state index in [0.29, 0.717) is 10.7 Å². The second-order valence-corrected chi connectivity index (χ2v) is 5.97. The van der Waals surface area contributed by atoms with Crippen molar-refractivity contribution in [3.63, 3.8) is 0 Å². The Morgan fingerprint density at radius 2 is 1.85 bits per heavy atom. The standard InChI is InChI=1S/C19H14ClNO5/c1-25-19(24)17-10-15(22)14-9-13(6-7-16(14)26-17)21-18(23)8-11-2-4-12(20)5-3-11/h2-7,9-10H,8H2,1H3,(H,21,23). The van der Waals surface area contributed by atoms with Crippen molar-refractivity contribution in [3.05, 3.63) is 75.1 Å². The van der Waals surface area contributed by atoms with Gasteiger partial charge in [-0.05, 0) is 35.9 Å². The second kappa shape index (κ2) is 7.41. The van der Waals surface area contributed by atoms with E-state index >= 15 is 0 Å². The van der Waals surface area contributed by atoms with Crippen LogP contribution in [0.15, 0.2) is 57.7 Å². The Hall–Kier alpha value is -3.12. The number of esters is 1. The Balaban J connectivity index is 1.81. The summed E-state index contributed by atoms with van der Waals surface area (Å²) in [4.78, 5) is 35.8. The van der Waals surface area contributed by atoms with Gasteiger partial charge < -0.3 is 14.5 Å². The van der Waals surface area contributed by atoms with Gasteiger partial charge in [0.25, 0.3) is 0 Å². The van der Waals surface area contributed by atoms with E-state index in [0.717, 1.165) is 11.6 Å². The van der Waals surface area contributed by atoms with Crippen molar-refractivity contribution in [1.29, 1.82) is 0 Å². The maximum absolute atomic E-state index is 12.2. The zero-order valence-electron chi connectivity index (χ0n) is 13.7. The zero-order valence-corrected chi connectivity index (χ0v) is 14.5. The molecule has 7 heteroatoms. The lowest BCUT2D eigenvalue weighted by atomic mass is 10.1. The number of nitrogens with one attached hydrogen (secondary N) is 1. The first-order chi connectivity index (χ1) is 12.5. The molecule has 3 aromatic rings. The van der Waals surface area contributed by atoms with Crippen molar-refractivity contribution in [2.75, 3.05) is 12.4 Å². The molecule has 2 aromatic carbocycles. The molecule has 3 rings (SSSR count). The average Bonchev–Trinajstić information content (AvgIpc) is 2.63. The average molecular weight is 372 g/mol. The Labute approximate surface area is 153 Å². The number of anilines is 1. The number of rotatable bonds is 4. The maximum Gasteiger partial charge on any atom is 0.374 e. The summed E-state index contributed by atoms with van der Waals surface area (Å²) in [6, 6.07) is 12.6. The molecule has 0 saturated carbocycles. The summed E-state index contributed by atoms with van der Waals surface area (Å²) in [5, 5.41) is 3.58. The van der Waals surface area contributed by atoms with Crippen LogP contribution in [0.5, 0.6) is 0 Å². The topological polar surface area (TPSA) is 85.6 Å². The fraction of sp³-hybridized carbons (Fsp3) is 0.105. The van der Waals surface area contributed by atoms with Crippen LogP contribution in [0.2, 0.25) is 5.02 Å². The number of benzene rings is 2. The van der Waals surface area contributed by atoms with Gasteiger partial charge in [0.2, 0.25) is 11.7 Å². The van der Waals surface area contributed by atoms with E-state index in [1.54, 1.807) is 30.3 Å². The van der Waals surface area contributed by atoms with Gasteiger partial charge in [0.1, 0.15) is 5.58 Å². The van der Waals surface area contributed by atoms with Gasteiger partial charge in [0, 0.05) is 16.8 Å². The normalized spacial score (nSPS) is 10.5. The van der Waals surface area contributed by atoms with E-state index in [1.165, 1.54) is 19.2 Å². The molecule has 0 aliphatic rings. The zero-order chi connectivity index (χ0) is 18.7. The summed E-state index contributed by atoms with van der Waals surface area (Å²) < 4.78 is 9.91. The summed E-state index contributed by atoms with van der Waals surface area (Å²) in [6.07, 6.45) is 0.172. The van der Waals surface area contributed by atoms with Gasteiger partial charge in [-0.3, -0.25) is 9.59 Å². The highest BCUT2D eigenvalue weighted by molar-refractivity contribution is 6.30. The van der Waals surface area contributed by atoms with Crippen LogP contribution in [0.25, 0.3) is 11.0 Å². The summed E-state index contributed by atoms with van der Waals surface area (Å²) in [7, 11) is 1.20. The van der Waals surface area contributed by atoms with Gasteiger partial charge >= 0.3 is 5.97 Å². The number of methoxy groups -OCH3 is 1. The minimum atomic E-state index is -0.732. The first-order valence-electron chi connectivity index (χ1n) is 7.67. The Kier molecular flexibility index (Phi) is 5.04. The molecule has 26 heavy (non-hydrogen) atoms. The molecule has 0 fully saturated rings. The van der Waals surface area contributed by atoms with Crippen LogP contribution in [-0.4, -0.2) is 19.0 Å². The highest BCUT2D eigenvalue weighted by atomic mass is 35.5. The third-order valence-corrected chi connectivity index (χ3v) is 3.93. The largest absolute Gasteiger partial charge is 0.463 e. The quantitative estimate of drug-likeness (QED) is 0.710. The fourth-order valence-electron chi connectivity index (χ4n) is 2.43. The van der Waals surface area contributed by atoms with Gasteiger partial charge in [-0.15, -0.1) is 0 Å². The molecule has 132 valence electrons. The number of ether oxygens (including phenoxy) is 1. The summed E-state index contributed by atoms with van der Waals surface area (Å²) >= 11 is 5.82. The maximum atomic E-state index is 12.2. The molecule has 0 unspecified atom stereocenters. The van der Waals surface area contributed by atoms with Crippen molar-refractivity contribution in [2.24, 2.45) is 0 Å². The predicted molar refractivity (Wildman–Crippen MR) is 97.6 cm³/mol. The third-order valence-electron chi connectivity index (χ3n) is 3.68. The molecular formula is C19H14ClNO5. The molecule has 1 heterocycles. The van der Waals surface area contributed by atoms with Crippen molar-refractivity contribution in [3.8, 4) is 0 Å². The number of hydrogen-bond donors (Lipinski definition) is 1. The minimum Gasteiger partial charge on any atom is -0.463 e. The van der Waals surface area contributed by atoms with Gasteiger partial charge in [-0.25, -0.2) is 4.79 Å². The molecule has 0 aliphatic heterocycles. The van der Waals surface area contributed by atoms with E-state index in [4.69, 9.17) is 16.0 Å². The molecule has 1 N–H and O–H groups in total. The highest BCUT2D eigenvalue weighted by Crippen LogP contribution is 2.19. The van der Waals surface area contributed by atoms with Gasteiger partial charge in [-0.1, -0.05) is 23.7 Å². The van der Waals surface area contributed by atoms with Crippen LogP contribution >= 0.6 is 11.6 Å². The van der Waals surface area contributed by atoms with Gasteiger partial charge in [0.15, 0.2) is 5.43 Å². The van der Waals surface area contributed by atoms with E-state index in [-0.39, 0.29) is 29.1 Å². The number of amides is 1. The smallest absolute Gasteiger partial charge is 0.374 e. The Morgan fingerprint density at radius 3 is 2.54 bits per heavy atom. The highest BCUT2D eigenvalue weighted by Gasteiger charge is 2.13. The number of halogens is 1. The monoisotopic (exact) mass is 371 g/mol. The minimum absolute atomic E-state index is 0.172. The number of fused-ring (bicyclic) bond motifs is 1. The molecule has 0 saturated heterocycles.